The number of benzene rings is 1. The van der Waals surface area contributed by atoms with E-state index in [4.69, 9.17) is 5.26 Å². The molecule has 0 saturated heterocycles. The van der Waals surface area contributed by atoms with Crippen molar-refractivity contribution in [3.05, 3.63) is 52.3 Å². The molecule has 2 saturated carbocycles. The maximum Gasteiger partial charge on any atom is 0.292 e. The fourth-order valence-electron chi connectivity index (χ4n) is 4.75. The van der Waals surface area contributed by atoms with Crippen molar-refractivity contribution < 1.29 is 23.2 Å². The zero-order chi connectivity index (χ0) is 22.1. The number of Topliss-reactive ketones (excluding diaryl/α,β-unsaturated/α-hetero) is 1. The minimum absolute atomic E-state index is 0.0804. The van der Waals surface area contributed by atoms with Gasteiger partial charge in [0.2, 0.25) is 0 Å². The predicted molar refractivity (Wildman–Crippen MR) is 104 cm³/mol. The molecule has 0 atom stereocenters. The van der Waals surface area contributed by atoms with Gasteiger partial charge >= 0.3 is 0 Å². The van der Waals surface area contributed by atoms with E-state index >= 15 is 0 Å². The molecule has 7 nitrogen and oxygen atoms in total. The van der Waals surface area contributed by atoms with Crippen molar-refractivity contribution >= 4 is 23.3 Å². The van der Waals surface area contributed by atoms with Crippen LogP contribution in [0.1, 0.15) is 51.4 Å². The van der Waals surface area contributed by atoms with Crippen molar-refractivity contribution in [1.29, 1.82) is 5.26 Å². The van der Waals surface area contributed by atoms with Gasteiger partial charge in [0.15, 0.2) is 11.6 Å². The molecule has 0 unspecified atom stereocenters. The summed E-state index contributed by atoms with van der Waals surface area (Å²) in [6.45, 7) is 2.10. The highest BCUT2D eigenvalue weighted by molar-refractivity contribution is 6.44. The first kappa shape index (κ1) is 19.4. The largest absolute Gasteiger partial charge is 0.342 e. The van der Waals surface area contributed by atoms with Crippen molar-refractivity contribution in [3.63, 3.8) is 0 Å². The highest BCUT2D eigenvalue weighted by Crippen LogP contribution is 2.78. The third-order valence-electron chi connectivity index (χ3n) is 6.68. The van der Waals surface area contributed by atoms with Gasteiger partial charge in [0.25, 0.3) is 17.6 Å². The maximum absolute atomic E-state index is 13.5. The first-order valence-corrected chi connectivity index (χ1v) is 9.98. The second kappa shape index (κ2) is 6.23. The van der Waals surface area contributed by atoms with Crippen molar-refractivity contribution in [2.45, 2.75) is 44.7 Å². The number of hydrogen-bond acceptors (Lipinski definition) is 4. The summed E-state index contributed by atoms with van der Waals surface area (Å²) in [7, 11) is 0. The number of ketones is 1. The van der Waals surface area contributed by atoms with Gasteiger partial charge in [-0.15, -0.1) is 0 Å². The Hall–Kier alpha value is -3.54. The molecule has 0 spiro atoms. The number of rotatable bonds is 5. The number of nitrogens with one attached hydrogen (secondary N) is 2. The summed E-state index contributed by atoms with van der Waals surface area (Å²) in [5.41, 5.74) is 0.390. The lowest BCUT2D eigenvalue weighted by atomic mass is 10.0. The SMILES string of the molecule is Cc1c(C(=O)C(=O)NC23CC2(C#N)C3)c2n(c1C(=O)Nc1ccc(F)c(F)c1)CCC2. The van der Waals surface area contributed by atoms with Gasteiger partial charge < -0.3 is 15.2 Å². The molecule has 9 heteroatoms. The molecule has 31 heavy (non-hydrogen) atoms. The number of hydrogen-bond donors (Lipinski definition) is 2. The summed E-state index contributed by atoms with van der Waals surface area (Å²) in [5.74, 6) is -4.18. The van der Waals surface area contributed by atoms with Crippen molar-refractivity contribution in [2.75, 3.05) is 5.32 Å². The highest BCUT2D eigenvalue weighted by atomic mass is 19.2. The second-order valence-electron chi connectivity index (χ2n) is 8.55. The average molecular weight is 424 g/mol. The van der Waals surface area contributed by atoms with Gasteiger partial charge in [-0.25, -0.2) is 8.78 Å². The average Bonchev–Trinajstić information content (AvgIpc) is 3.35. The molecule has 2 heterocycles. The molecule has 3 aliphatic rings. The lowest BCUT2D eigenvalue weighted by Gasteiger charge is -2.09. The van der Waals surface area contributed by atoms with E-state index < -0.39 is 40.2 Å². The monoisotopic (exact) mass is 424 g/mol. The summed E-state index contributed by atoms with van der Waals surface area (Å²) in [6, 6.07) is 5.21. The number of aromatic nitrogens is 1. The van der Waals surface area contributed by atoms with Crippen LogP contribution >= 0.6 is 0 Å². The van der Waals surface area contributed by atoms with Gasteiger partial charge in [0.05, 0.1) is 22.6 Å². The fourth-order valence-corrected chi connectivity index (χ4v) is 4.75. The Morgan fingerprint density at radius 2 is 1.94 bits per heavy atom. The highest BCUT2D eigenvalue weighted by Gasteiger charge is 2.85. The van der Waals surface area contributed by atoms with E-state index in [0.717, 1.165) is 12.1 Å². The van der Waals surface area contributed by atoms with Gasteiger partial charge in [-0.2, -0.15) is 5.26 Å². The van der Waals surface area contributed by atoms with Crippen LogP contribution in [0.4, 0.5) is 14.5 Å². The van der Waals surface area contributed by atoms with Gasteiger partial charge in [-0.3, -0.25) is 14.4 Å². The molecule has 2 aromatic rings. The van der Waals surface area contributed by atoms with Crippen molar-refractivity contribution in [3.8, 4) is 6.07 Å². The van der Waals surface area contributed by atoms with E-state index in [1.165, 1.54) is 6.07 Å². The normalized spacial score (nSPS) is 24.6. The van der Waals surface area contributed by atoms with E-state index in [2.05, 4.69) is 16.7 Å². The number of nitrogens with zero attached hydrogens (tertiary/aromatic N) is 2. The lowest BCUT2D eigenvalue weighted by molar-refractivity contribution is -0.117. The van der Waals surface area contributed by atoms with Gasteiger partial charge in [-0.1, -0.05) is 0 Å². The van der Waals surface area contributed by atoms with Gasteiger partial charge in [0, 0.05) is 24.0 Å². The first-order chi connectivity index (χ1) is 14.7. The quantitative estimate of drug-likeness (QED) is 0.569. The van der Waals surface area contributed by atoms with E-state index in [-0.39, 0.29) is 16.9 Å². The van der Waals surface area contributed by atoms with Crippen LogP contribution in [0.15, 0.2) is 18.2 Å². The molecule has 1 aliphatic heterocycles. The molecule has 2 N–H and O–H groups in total. The maximum atomic E-state index is 13.5. The number of halogens is 2. The Balaban J connectivity index is 1.42. The third kappa shape index (κ3) is 2.71. The predicted octanol–water partition coefficient (Wildman–Crippen LogP) is 2.63. The van der Waals surface area contributed by atoms with Crippen LogP contribution in [0.3, 0.4) is 0 Å². The Bertz CT molecular complexity index is 1230. The Kier molecular flexibility index (Phi) is 3.91. The van der Waals surface area contributed by atoms with Crippen LogP contribution in [0.25, 0.3) is 0 Å². The number of amides is 2. The molecule has 2 aliphatic carbocycles. The van der Waals surface area contributed by atoms with Gasteiger partial charge in [-0.05, 0) is 50.3 Å². The minimum Gasteiger partial charge on any atom is -0.342 e. The zero-order valence-corrected chi connectivity index (χ0v) is 16.6. The smallest absolute Gasteiger partial charge is 0.292 e. The van der Waals surface area contributed by atoms with Crippen LogP contribution in [0.2, 0.25) is 0 Å². The van der Waals surface area contributed by atoms with Crippen LogP contribution in [0.5, 0.6) is 0 Å². The molecule has 0 bridgehead atoms. The molecular formula is C22H18F2N4O3. The number of carbonyl (C=O) groups excluding carboxylic acids is 3. The standard InChI is InChI=1S/C22H18F2N4O3/c1-11-16(18(29)20(31)27-22-8-21(22,9-22)10-25)15-3-2-6-28(15)17(11)19(30)26-12-4-5-13(23)14(24)7-12/h4-5,7H,2-3,6,8-9H2,1H3,(H,26,30)(H,27,31). The topological polar surface area (TPSA) is 104 Å². The Morgan fingerprint density at radius 1 is 1.19 bits per heavy atom. The van der Waals surface area contributed by atoms with E-state index in [1.807, 2.05) is 0 Å². The fraction of sp³-hybridized carbons (Fsp3) is 0.364. The summed E-state index contributed by atoms with van der Waals surface area (Å²) in [5, 5.41) is 14.4. The van der Waals surface area contributed by atoms with E-state index in [9.17, 15) is 23.2 Å². The molecule has 158 valence electrons. The van der Waals surface area contributed by atoms with Crippen LogP contribution in [-0.4, -0.2) is 27.7 Å². The van der Waals surface area contributed by atoms with E-state index in [0.29, 0.717) is 43.5 Å². The van der Waals surface area contributed by atoms with Crippen LogP contribution < -0.4 is 10.6 Å². The first-order valence-electron chi connectivity index (χ1n) is 9.98. The molecule has 0 radical (unpaired) electrons. The lowest BCUT2D eigenvalue weighted by Crippen LogP contribution is -2.37. The van der Waals surface area contributed by atoms with Crippen molar-refractivity contribution in [1.82, 2.24) is 9.88 Å². The molecule has 5 rings (SSSR count). The molecule has 2 amide bonds. The summed E-state index contributed by atoms with van der Waals surface area (Å²) >= 11 is 0. The zero-order valence-electron chi connectivity index (χ0n) is 16.6. The summed E-state index contributed by atoms with van der Waals surface area (Å²) < 4.78 is 28.3. The molecular weight excluding hydrogens is 406 g/mol. The third-order valence-corrected chi connectivity index (χ3v) is 6.68. The summed E-state index contributed by atoms with van der Waals surface area (Å²) in [4.78, 5) is 38.5. The molecule has 2 fully saturated rings. The van der Waals surface area contributed by atoms with Crippen LogP contribution in [0, 0.1) is 35.3 Å². The minimum atomic E-state index is -1.09. The van der Waals surface area contributed by atoms with Gasteiger partial charge in [0.1, 0.15) is 5.69 Å². The molecule has 1 aromatic heterocycles. The molecule has 1 aromatic carbocycles. The Labute approximate surface area is 176 Å². The van der Waals surface area contributed by atoms with Crippen LogP contribution in [-0.2, 0) is 17.8 Å². The summed E-state index contributed by atoms with van der Waals surface area (Å²) in [6.07, 6.45) is 2.37. The number of carbonyl (C=O) groups is 3. The van der Waals surface area contributed by atoms with Crippen molar-refractivity contribution in [2.24, 2.45) is 5.41 Å². The second-order valence-corrected chi connectivity index (χ2v) is 8.55. The Morgan fingerprint density at radius 3 is 2.58 bits per heavy atom. The number of fused-ring (bicyclic) bond motifs is 2. The van der Waals surface area contributed by atoms with E-state index in [1.54, 1.807) is 11.5 Å². The number of anilines is 1. The number of nitriles is 1.